The van der Waals surface area contributed by atoms with Crippen LogP contribution in [-0.4, -0.2) is 52.3 Å². The number of hydrogen-bond acceptors (Lipinski definition) is 6. The molecule has 130 valence electrons. The van der Waals surface area contributed by atoms with E-state index in [2.05, 4.69) is 22.4 Å². The molecule has 4 heterocycles. The van der Waals surface area contributed by atoms with Crippen LogP contribution in [0.3, 0.4) is 0 Å². The Morgan fingerprint density at radius 3 is 2.56 bits per heavy atom. The lowest BCUT2D eigenvalue weighted by atomic mass is 9.99. The summed E-state index contributed by atoms with van der Waals surface area (Å²) in [7, 11) is 0. The normalized spacial score (nSPS) is 21.3. The minimum Gasteiger partial charge on any atom is -0.273 e. The fraction of sp³-hybridized carbons (Fsp3) is 0.353. The van der Waals surface area contributed by atoms with Crippen molar-refractivity contribution in [3.63, 3.8) is 0 Å². The molecular weight excluding hydrogens is 358 g/mol. The van der Waals surface area contributed by atoms with Crippen LogP contribution in [0.1, 0.15) is 28.3 Å². The van der Waals surface area contributed by atoms with Crippen LogP contribution < -0.4 is 0 Å². The van der Waals surface area contributed by atoms with Crippen LogP contribution in [0.4, 0.5) is 4.79 Å². The zero-order valence-electron chi connectivity index (χ0n) is 13.7. The lowest BCUT2D eigenvalue weighted by Gasteiger charge is -2.36. The van der Waals surface area contributed by atoms with Gasteiger partial charge < -0.3 is 0 Å². The summed E-state index contributed by atoms with van der Waals surface area (Å²) >= 11 is 3.41. The number of nitrogens with zero attached hydrogens (tertiary/aromatic N) is 3. The van der Waals surface area contributed by atoms with Crippen molar-refractivity contribution in [3.8, 4) is 0 Å². The van der Waals surface area contributed by atoms with Crippen molar-refractivity contribution in [1.29, 1.82) is 0 Å². The SMILES string of the molecule is CCN1C(=O)C(=O)N(CN2CCc3sccc3[C@@H]2c2cccs2)C1=O. The third-order valence-electron chi connectivity index (χ3n) is 4.65. The zero-order valence-corrected chi connectivity index (χ0v) is 15.3. The Morgan fingerprint density at radius 1 is 1.08 bits per heavy atom. The van der Waals surface area contributed by atoms with Gasteiger partial charge in [-0.1, -0.05) is 6.07 Å². The van der Waals surface area contributed by atoms with Gasteiger partial charge in [-0.2, -0.15) is 0 Å². The standard InChI is InChI=1S/C17H17N3O3S2/c1-2-19-15(21)16(22)20(17(19)23)10-18-7-5-12-11(6-9-25-12)14(18)13-4-3-8-24-13/h3-4,6,8-9,14H,2,5,7,10H2,1H3/t14-/m1/s1. The van der Waals surface area contributed by atoms with Gasteiger partial charge in [-0.25, -0.2) is 9.69 Å². The number of urea groups is 1. The van der Waals surface area contributed by atoms with Crippen molar-refractivity contribution in [2.24, 2.45) is 0 Å². The highest BCUT2D eigenvalue weighted by molar-refractivity contribution is 7.10. The van der Waals surface area contributed by atoms with E-state index in [4.69, 9.17) is 0 Å². The Kier molecular flexibility index (Phi) is 4.18. The second-order valence-corrected chi connectivity index (χ2v) is 7.97. The van der Waals surface area contributed by atoms with Gasteiger partial charge in [0.1, 0.15) is 0 Å². The highest BCUT2D eigenvalue weighted by Crippen LogP contribution is 2.39. The van der Waals surface area contributed by atoms with E-state index in [0.29, 0.717) is 0 Å². The molecule has 0 saturated carbocycles. The van der Waals surface area contributed by atoms with Crippen LogP contribution in [0.5, 0.6) is 0 Å². The Labute approximate surface area is 153 Å². The molecule has 1 saturated heterocycles. The molecule has 0 aromatic carbocycles. The van der Waals surface area contributed by atoms with Gasteiger partial charge in [-0.15, -0.1) is 22.7 Å². The van der Waals surface area contributed by atoms with Gasteiger partial charge in [0, 0.05) is 22.8 Å². The summed E-state index contributed by atoms with van der Waals surface area (Å²) < 4.78 is 0. The monoisotopic (exact) mass is 375 g/mol. The summed E-state index contributed by atoms with van der Waals surface area (Å²) in [5, 5.41) is 4.12. The third-order valence-corrected chi connectivity index (χ3v) is 6.57. The van der Waals surface area contributed by atoms with E-state index in [1.807, 2.05) is 11.4 Å². The topological polar surface area (TPSA) is 60.9 Å². The van der Waals surface area contributed by atoms with Crippen LogP contribution in [0.15, 0.2) is 29.0 Å². The average molecular weight is 375 g/mol. The van der Waals surface area contributed by atoms with Crippen LogP contribution in [-0.2, 0) is 16.0 Å². The second-order valence-electron chi connectivity index (χ2n) is 5.99. The maximum atomic E-state index is 12.4. The summed E-state index contributed by atoms with van der Waals surface area (Å²) in [4.78, 5) is 43.3. The molecule has 2 aliphatic rings. The van der Waals surface area contributed by atoms with Gasteiger partial charge >= 0.3 is 17.8 Å². The third kappa shape index (κ3) is 2.61. The second kappa shape index (κ2) is 6.36. The van der Waals surface area contributed by atoms with E-state index in [0.717, 1.165) is 22.8 Å². The molecule has 2 aromatic heterocycles. The van der Waals surface area contributed by atoms with Crippen molar-refractivity contribution in [2.75, 3.05) is 19.8 Å². The van der Waals surface area contributed by atoms with E-state index < -0.39 is 17.8 Å². The van der Waals surface area contributed by atoms with Gasteiger partial charge in [-0.05, 0) is 41.8 Å². The van der Waals surface area contributed by atoms with Crippen molar-refractivity contribution < 1.29 is 14.4 Å². The van der Waals surface area contributed by atoms with Gasteiger partial charge in [0.2, 0.25) is 0 Å². The number of imide groups is 2. The lowest BCUT2D eigenvalue weighted by Crippen LogP contribution is -2.46. The van der Waals surface area contributed by atoms with E-state index in [-0.39, 0.29) is 19.3 Å². The first-order valence-electron chi connectivity index (χ1n) is 8.12. The summed E-state index contributed by atoms with van der Waals surface area (Å²) in [6, 6.07) is 5.70. The Balaban J connectivity index is 1.65. The maximum Gasteiger partial charge on any atom is 0.335 e. The van der Waals surface area contributed by atoms with E-state index in [1.54, 1.807) is 29.6 Å². The smallest absolute Gasteiger partial charge is 0.273 e. The molecule has 4 amide bonds. The Bertz CT molecular complexity index is 830. The van der Waals surface area contributed by atoms with Crippen molar-refractivity contribution in [3.05, 3.63) is 44.3 Å². The molecular formula is C17H17N3O3S2. The first-order chi connectivity index (χ1) is 12.1. The number of thiophene rings is 2. The molecule has 1 fully saturated rings. The fourth-order valence-electron chi connectivity index (χ4n) is 3.44. The Morgan fingerprint density at radius 2 is 1.88 bits per heavy atom. The number of rotatable bonds is 4. The molecule has 8 heteroatoms. The van der Waals surface area contributed by atoms with E-state index in [1.165, 1.54) is 15.3 Å². The minimum atomic E-state index is -0.729. The number of amides is 4. The molecule has 2 aliphatic heterocycles. The fourth-order valence-corrected chi connectivity index (χ4v) is 5.22. The highest BCUT2D eigenvalue weighted by atomic mass is 32.1. The van der Waals surface area contributed by atoms with Crippen LogP contribution >= 0.6 is 22.7 Å². The molecule has 0 radical (unpaired) electrons. The van der Waals surface area contributed by atoms with Crippen LogP contribution in [0.2, 0.25) is 0 Å². The average Bonchev–Trinajstić information content (AvgIpc) is 3.33. The summed E-state index contributed by atoms with van der Waals surface area (Å²) in [6.07, 6.45) is 0.885. The van der Waals surface area contributed by atoms with Gasteiger partial charge in [0.25, 0.3) is 0 Å². The van der Waals surface area contributed by atoms with Crippen molar-refractivity contribution >= 4 is 40.5 Å². The van der Waals surface area contributed by atoms with Crippen LogP contribution in [0.25, 0.3) is 0 Å². The first-order valence-corrected chi connectivity index (χ1v) is 9.88. The molecule has 0 aliphatic carbocycles. The maximum absolute atomic E-state index is 12.4. The van der Waals surface area contributed by atoms with Crippen molar-refractivity contribution in [2.45, 2.75) is 19.4 Å². The van der Waals surface area contributed by atoms with Crippen molar-refractivity contribution in [1.82, 2.24) is 14.7 Å². The predicted octanol–water partition coefficient (Wildman–Crippen LogP) is 2.53. The molecule has 1 atom stereocenters. The van der Waals surface area contributed by atoms with Gasteiger partial charge in [0.05, 0.1) is 12.7 Å². The van der Waals surface area contributed by atoms with Crippen LogP contribution in [0, 0.1) is 0 Å². The highest BCUT2D eigenvalue weighted by Gasteiger charge is 2.45. The lowest BCUT2D eigenvalue weighted by molar-refractivity contribution is -0.144. The number of carbonyl (C=O) groups excluding carboxylic acids is 3. The van der Waals surface area contributed by atoms with E-state index in [9.17, 15) is 14.4 Å². The van der Waals surface area contributed by atoms with Gasteiger partial charge in [-0.3, -0.25) is 19.4 Å². The Hall–Kier alpha value is -2.03. The molecule has 0 bridgehead atoms. The molecule has 0 spiro atoms. The first kappa shape index (κ1) is 16.4. The summed E-state index contributed by atoms with van der Waals surface area (Å²) in [5.74, 6) is -1.46. The molecule has 25 heavy (non-hydrogen) atoms. The number of likely N-dealkylation sites (N-methyl/N-ethyl adjacent to an activating group) is 1. The molecule has 4 rings (SSSR count). The van der Waals surface area contributed by atoms with E-state index >= 15 is 0 Å². The minimum absolute atomic E-state index is 0.0152. The number of hydrogen-bond donors (Lipinski definition) is 0. The molecule has 6 nitrogen and oxygen atoms in total. The number of fused-ring (bicyclic) bond motifs is 1. The largest absolute Gasteiger partial charge is 0.335 e. The summed E-state index contributed by atoms with van der Waals surface area (Å²) in [5.41, 5.74) is 1.23. The number of carbonyl (C=O) groups is 3. The zero-order chi connectivity index (χ0) is 17.6. The molecule has 0 unspecified atom stereocenters. The van der Waals surface area contributed by atoms with Gasteiger partial charge in [0.15, 0.2) is 0 Å². The predicted molar refractivity (Wildman–Crippen MR) is 95.4 cm³/mol. The molecule has 0 N–H and O–H groups in total. The summed E-state index contributed by atoms with van der Waals surface area (Å²) in [6.45, 7) is 2.79. The quantitative estimate of drug-likeness (QED) is 0.609. The molecule has 2 aromatic rings.